The zero-order valence-corrected chi connectivity index (χ0v) is 10.3. The van der Waals surface area contributed by atoms with E-state index >= 15 is 0 Å². The summed E-state index contributed by atoms with van der Waals surface area (Å²) < 4.78 is 13.2. The molecule has 0 saturated heterocycles. The van der Waals surface area contributed by atoms with Crippen LogP contribution in [0.5, 0.6) is 0 Å². The average Bonchev–Trinajstić information content (AvgIpc) is 2.32. The monoisotopic (exact) mass is 249 g/mol. The summed E-state index contributed by atoms with van der Waals surface area (Å²) in [6.45, 7) is 2.35. The van der Waals surface area contributed by atoms with Gasteiger partial charge in [0.2, 0.25) is 0 Å². The van der Waals surface area contributed by atoms with Gasteiger partial charge >= 0.3 is 0 Å². The Balaban J connectivity index is 2.53. The van der Waals surface area contributed by atoms with Gasteiger partial charge in [-0.2, -0.15) is 0 Å². The van der Waals surface area contributed by atoms with Crippen molar-refractivity contribution in [3.05, 3.63) is 58.4 Å². The molecule has 1 nitrogen and oxygen atoms in total. The highest BCUT2D eigenvalue weighted by Crippen LogP contribution is 2.28. The maximum absolute atomic E-state index is 13.2. The van der Waals surface area contributed by atoms with E-state index in [2.05, 4.69) is 0 Å². The first-order valence-corrected chi connectivity index (χ1v) is 5.74. The molecule has 0 bridgehead atoms. The van der Waals surface area contributed by atoms with Crippen LogP contribution in [-0.4, -0.2) is 0 Å². The second-order valence-corrected chi connectivity index (χ2v) is 4.38. The smallest absolute Gasteiger partial charge is 0.123 e. The lowest BCUT2D eigenvalue weighted by Gasteiger charge is -2.08. The Morgan fingerprint density at radius 1 is 1.18 bits per heavy atom. The van der Waals surface area contributed by atoms with Crippen LogP contribution >= 0.6 is 11.6 Å². The molecule has 88 valence electrons. The molecule has 0 amide bonds. The number of aryl methyl sites for hydroxylation is 1. The molecule has 0 radical (unpaired) electrons. The molecule has 0 aromatic heterocycles. The summed E-state index contributed by atoms with van der Waals surface area (Å²) in [5, 5.41) is 0.619. The SMILES string of the molecule is Cc1ccc(F)cc1-c1ccc(CN)c(Cl)c1. The molecule has 17 heavy (non-hydrogen) atoms. The molecule has 0 spiro atoms. The van der Waals surface area contributed by atoms with Crippen LogP contribution in [0.1, 0.15) is 11.1 Å². The summed E-state index contributed by atoms with van der Waals surface area (Å²) >= 11 is 6.10. The Labute approximate surface area is 105 Å². The Morgan fingerprint density at radius 3 is 2.59 bits per heavy atom. The van der Waals surface area contributed by atoms with Gasteiger partial charge in [-0.15, -0.1) is 0 Å². The lowest BCUT2D eigenvalue weighted by atomic mass is 9.99. The normalized spacial score (nSPS) is 10.6. The molecular formula is C14H13ClFN. The predicted molar refractivity (Wildman–Crippen MR) is 69.5 cm³/mol. The fraction of sp³-hybridized carbons (Fsp3) is 0.143. The number of nitrogens with two attached hydrogens (primary N) is 1. The zero-order chi connectivity index (χ0) is 12.4. The van der Waals surface area contributed by atoms with Crippen molar-refractivity contribution in [2.75, 3.05) is 0 Å². The van der Waals surface area contributed by atoms with Crippen molar-refractivity contribution >= 4 is 11.6 Å². The van der Waals surface area contributed by atoms with Crippen LogP contribution in [0.2, 0.25) is 5.02 Å². The van der Waals surface area contributed by atoms with Crippen LogP contribution in [0.15, 0.2) is 36.4 Å². The van der Waals surface area contributed by atoms with Crippen LogP contribution in [0.25, 0.3) is 11.1 Å². The molecule has 0 fully saturated rings. The third-order valence-corrected chi connectivity index (χ3v) is 3.14. The minimum atomic E-state index is -0.246. The van der Waals surface area contributed by atoms with Gasteiger partial charge in [-0.1, -0.05) is 29.8 Å². The predicted octanol–water partition coefficient (Wildman–Crippen LogP) is 3.91. The number of hydrogen-bond donors (Lipinski definition) is 1. The lowest BCUT2D eigenvalue weighted by molar-refractivity contribution is 0.628. The molecule has 0 aliphatic carbocycles. The Hall–Kier alpha value is -1.38. The van der Waals surface area contributed by atoms with Crippen molar-refractivity contribution in [3.63, 3.8) is 0 Å². The quantitative estimate of drug-likeness (QED) is 0.858. The first-order chi connectivity index (χ1) is 8.11. The van der Waals surface area contributed by atoms with Gasteiger partial charge in [-0.05, 0) is 47.4 Å². The summed E-state index contributed by atoms with van der Waals surface area (Å²) in [6.07, 6.45) is 0. The zero-order valence-electron chi connectivity index (χ0n) is 9.50. The second-order valence-electron chi connectivity index (χ2n) is 3.97. The summed E-state index contributed by atoms with van der Waals surface area (Å²) in [5.41, 5.74) is 9.22. The fourth-order valence-corrected chi connectivity index (χ4v) is 2.04. The standard InChI is InChI=1S/C14H13ClFN/c1-9-2-5-12(16)7-13(9)10-3-4-11(8-17)14(15)6-10/h2-7H,8,17H2,1H3. The van der Waals surface area contributed by atoms with Crippen LogP contribution in [-0.2, 0) is 6.54 Å². The average molecular weight is 250 g/mol. The third-order valence-electron chi connectivity index (χ3n) is 2.78. The van der Waals surface area contributed by atoms with E-state index < -0.39 is 0 Å². The van der Waals surface area contributed by atoms with Gasteiger partial charge in [-0.25, -0.2) is 4.39 Å². The fourth-order valence-electron chi connectivity index (χ4n) is 1.79. The number of benzene rings is 2. The van der Waals surface area contributed by atoms with E-state index in [4.69, 9.17) is 17.3 Å². The molecule has 0 aliphatic heterocycles. The van der Waals surface area contributed by atoms with Gasteiger partial charge in [0.15, 0.2) is 0 Å². The number of rotatable bonds is 2. The molecule has 0 heterocycles. The van der Waals surface area contributed by atoms with Crippen molar-refractivity contribution < 1.29 is 4.39 Å². The van der Waals surface area contributed by atoms with E-state index in [0.717, 1.165) is 22.3 Å². The van der Waals surface area contributed by atoms with E-state index in [1.165, 1.54) is 12.1 Å². The number of hydrogen-bond acceptors (Lipinski definition) is 1. The first-order valence-electron chi connectivity index (χ1n) is 5.37. The molecule has 2 N–H and O–H groups in total. The van der Waals surface area contributed by atoms with Crippen molar-refractivity contribution in [1.29, 1.82) is 0 Å². The molecule has 2 aromatic carbocycles. The molecular weight excluding hydrogens is 237 g/mol. The van der Waals surface area contributed by atoms with Crippen molar-refractivity contribution in [2.24, 2.45) is 5.73 Å². The summed E-state index contributed by atoms with van der Waals surface area (Å²) in [4.78, 5) is 0. The summed E-state index contributed by atoms with van der Waals surface area (Å²) in [5.74, 6) is -0.246. The van der Waals surface area contributed by atoms with E-state index in [9.17, 15) is 4.39 Å². The van der Waals surface area contributed by atoms with Crippen molar-refractivity contribution in [2.45, 2.75) is 13.5 Å². The molecule has 0 atom stereocenters. The Bertz CT molecular complexity index is 552. The summed E-state index contributed by atoms with van der Waals surface area (Å²) in [6, 6.07) is 10.3. The second kappa shape index (κ2) is 4.86. The number of halogens is 2. The van der Waals surface area contributed by atoms with Crippen LogP contribution in [0, 0.1) is 12.7 Å². The van der Waals surface area contributed by atoms with Gasteiger partial charge in [-0.3, -0.25) is 0 Å². The van der Waals surface area contributed by atoms with Gasteiger partial charge < -0.3 is 5.73 Å². The highest BCUT2D eigenvalue weighted by atomic mass is 35.5. The van der Waals surface area contributed by atoms with E-state index in [0.29, 0.717) is 11.6 Å². The summed E-state index contributed by atoms with van der Waals surface area (Å²) in [7, 11) is 0. The molecule has 0 aliphatic rings. The highest BCUT2D eigenvalue weighted by molar-refractivity contribution is 6.31. The minimum absolute atomic E-state index is 0.246. The topological polar surface area (TPSA) is 26.0 Å². The third kappa shape index (κ3) is 2.48. The van der Waals surface area contributed by atoms with E-state index in [-0.39, 0.29) is 5.82 Å². The molecule has 0 unspecified atom stereocenters. The molecule has 3 heteroatoms. The van der Waals surface area contributed by atoms with Crippen LogP contribution in [0.3, 0.4) is 0 Å². The molecule has 2 rings (SSSR count). The van der Waals surface area contributed by atoms with Gasteiger partial charge in [0.1, 0.15) is 5.82 Å². The Kier molecular flexibility index (Phi) is 3.46. The maximum atomic E-state index is 13.2. The van der Waals surface area contributed by atoms with Crippen molar-refractivity contribution in [3.8, 4) is 11.1 Å². The molecule has 0 saturated carbocycles. The largest absolute Gasteiger partial charge is 0.326 e. The first kappa shape index (κ1) is 12.1. The van der Waals surface area contributed by atoms with Gasteiger partial charge in [0.05, 0.1) is 0 Å². The van der Waals surface area contributed by atoms with E-state index in [1.54, 1.807) is 6.07 Å². The lowest BCUT2D eigenvalue weighted by Crippen LogP contribution is -1.97. The van der Waals surface area contributed by atoms with Crippen LogP contribution in [0.4, 0.5) is 4.39 Å². The molecule has 2 aromatic rings. The van der Waals surface area contributed by atoms with Gasteiger partial charge in [0.25, 0.3) is 0 Å². The van der Waals surface area contributed by atoms with Gasteiger partial charge in [0, 0.05) is 11.6 Å². The Morgan fingerprint density at radius 2 is 1.94 bits per heavy atom. The highest BCUT2D eigenvalue weighted by Gasteiger charge is 2.06. The van der Waals surface area contributed by atoms with Crippen LogP contribution < -0.4 is 5.73 Å². The van der Waals surface area contributed by atoms with Crippen molar-refractivity contribution in [1.82, 2.24) is 0 Å². The maximum Gasteiger partial charge on any atom is 0.123 e. The minimum Gasteiger partial charge on any atom is -0.326 e. The van der Waals surface area contributed by atoms with E-state index in [1.807, 2.05) is 25.1 Å².